The van der Waals surface area contributed by atoms with Crippen LogP contribution in [0.25, 0.3) is 0 Å². The summed E-state index contributed by atoms with van der Waals surface area (Å²) in [5.74, 6) is -2.37. The molecule has 2 aliphatic rings. The number of carbonyl (C=O) groups excluding carboxylic acids is 2. The first-order valence-corrected chi connectivity index (χ1v) is 11.4. The van der Waals surface area contributed by atoms with E-state index in [9.17, 15) is 18.4 Å². The Hall–Kier alpha value is -1.71. The summed E-state index contributed by atoms with van der Waals surface area (Å²) in [6, 6.07) is 6.13. The van der Waals surface area contributed by atoms with Gasteiger partial charge in [-0.15, -0.1) is 0 Å². The second-order valence-corrected chi connectivity index (χ2v) is 8.89. The number of nitrogens with zero attached hydrogens (tertiary/aromatic N) is 3. The highest BCUT2D eigenvalue weighted by Crippen LogP contribution is 2.26. The van der Waals surface area contributed by atoms with Crippen LogP contribution < -0.4 is 5.32 Å². The molecule has 30 heavy (non-hydrogen) atoms. The van der Waals surface area contributed by atoms with Gasteiger partial charge in [-0.05, 0) is 50.5 Å². The molecule has 1 N–H and O–H groups in total. The van der Waals surface area contributed by atoms with Crippen molar-refractivity contribution in [3.8, 4) is 0 Å². The van der Waals surface area contributed by atoms with Crippen LogP contribution >= 0.6 is 11.8 Å². The lowest BCUT2D eigenvalue weighted by Crippen LogP contribution is -2.54. The highest BCUT2D eigenvalue weighted by Gasteiger charge is 2.27. The van der Waals surface area contributed by atoms with Crippen LogP contribution in [0, 0.1) is 0 Å². The summed E-state index contributed by atoms with van der Waals surface area (Å²) in [7, 11) is 0. The smallest absolute Gasteiger partial charge is 0.288 e. The fourth-order valence-electron chi connectivity index (χ4n) is 3.88. The Labute approximate surface area is 181 Å². The third-order valence-electron chi connectivity index (χ3n) is 5.75. The highest BCUT2D eigenvalue weighted by atomic mass is 32.2. The van der Waals surface area contributed by atoms with Crippen LogP contribution in [0.15, 0.2) is 29.2 Å². The summed E-state index contributed by atoms with van der Waals surface area (Å²) < 4.78 is 24.8. The van der Waals surface area contributed by atoms with E-state index in [1.165, 1.54) is 6.42 Å². The number of nitrogens with one attached hydrogen (secondary N) is 1. The summed E-state index contributed by atoms with van der Waals surface area (Å²) in [5, 5.41) is 2.85. The van der Waals surface area contributed by atoms with Crippen LogP contribution in [0.2, 0.25) is 0 Å². The number of hydrogen-bond donors (Lipinski definition) is 1. The third-order valence-corrected chi connectivity index (χ3v) is 6.47. The van der Waals surface area contributed by atoms with E-state index in [-0.39, 0.29) is 17.9 Å². The van der Waals surface area contributed by atoms with Crippen molar-refractivity contribution in [3.05, 3.63) is 24.3 Å². The highest BCUT2D eigenvalue weighted by molar-refractivity contribution is 7.99. The number of rotatable bonds is 7. The summed E-state index contributed by atoms with van der Waals surface area (Å²) in [4.78, 5) is 31.7. The van der Waals surface area contributed by atoms with E-state index >= 15 is 0 Å². The quantitative estimate of drug-likeness (QED) is 0.661. The number of carbonyl (C=O) groups is 2. The minimum Gasteiger partial charge on any atom is -0.342 e. The molecule has 0 bridgehead atoms. The molecule has 0 aliphatic carbocycles. The lowest BCUT2D eigenvalue weighted by molar-refractivity contribution is -0.134. The molecule has 166 valence electrons. The predicted octanol–water partition coefficient (Wildman–Crippen LogP) is 2.96. The molecule has 9 heteroatoms. The lowest BCUT2D eigenvalue weighted by Gasteiger charge is -2.38. The van der Waals surface area contributed by atoms with E-state index in [1.807, 2.05) is 11.8 Å². The van der Waals surface area contributed by atoms with Gasteiger partial charge in [0, 0.05) is 49.9 Å². The summed E-state index contributed by atoms with van der Waals surface area (Å²) >= 11 is 0.482. The van der Waals surface area contributed by atoms with Gasteiger partial charge in [-0.2, -0.15) is 8.78 Å². The van der Waals surface area contributed by atoms with Crippen molar-refractivity contribution >= 4 is 29.3 Å². The first kappa shape index (κ1) is 23.0. The molecule has 0 aromatic heterocycles. The van der Waals surface area contributed by atoms with Gasteiger partial charge >= 0.3 is 0 Å². The fraction of sp³-hybridized carbons (Fsp3) is 0.619. The molecule has 0 radical (unpaired) electrons. The van der Waals surface area contributed by atoms with Crippen LogP contribution in [0.3, 0.4) is 0 Å². The Morgan fingerprint density at radius 1 is 1.00 bits per heavy atom. The normalized spacial score (nSPS) is 19.7. The number of hydrogen-bond acceptors (Lipinski definition) is 5. The standard InChI is InChI=1S/C21H30F2N4O2S/c1-16(20(29)24-17-5-7-18(8-6-17)30-21(22)23)26-13-11-25(12-14-26)15-19(28)27-9-3-2-4-10-27/h5-8,16,21H,2-4,9-15H2,1H3,(H,24,29)/t16-/m1/s1. The first-order chi connectivity index (χ1) is 14.4. The number of alkyl halides is 2. The van der Waals surface area contributed by atoms with Gasteiger partial charge in [0.2, 0.25) is 11.8 Å². The Morgan fingerprint density at radius 3 is 2.23 bits per heavy atom. The molecule has 1 aromatic rings. The predicted molar refractivity (Wildman–Crippen MR) is 115 cm³/mol. The number of amides is 2. The third kappa shape index (κ3) is 6.65. The Balaban J connectivity index is 1.42. The van der Waals surface area contributed by atoms with E-state index in [1.54, 1.807) is 24.3 Å². The van der Waals surface area contributed by atoms with Crippen molar-refractivity contribution < 1.29 is 18.4 Å². The molecular formula is C21H30F2N4O2S. The van der Waals surface area contributed by atoms with Crippen LogP contribution in [0.4, 0.5) is 14.5 Å². The molecule has 2 saturated heterocycles. The number of benzene rings is 1. The topological polar surface area (TPSA) is 55.9 Å². The Morgan fingerprint density at radius 2 is 1.63 bits per heavy atom. The molecule has 0 spiro atoms. The molecule has 1 atom stereocenters. The average molecular weight is 441 g/mol. The van der Waals surface area contributed by atoms with Crippen LogP contribution in [-0.4, -0.2) is 84.1 Å². The maximum Gasteiger partial charge on any atom is 0.288 e. The van der Waals surface area contributed by atoms with Gasteiger partial charge in [-0.3, -0.25) is 19.4 Å². The Bertz CT molecular complexity index is 705. The number of likely N-dealkylation sites (tertiary alicyclic amines) is 1. The molecule has 6 nitrogen and oxygen atoms in total. The second kappa shape index (κ2) is 11.1. The molecule has 1 aromatic carbocycles. The molecular weight excluding hydrogens is 410 g/mol. The van der Waals surface area contributed by atoms with Crippen molar-refractivity contribution in [2.75, 3.05) is 51.1 Å². The zero-order valence-corrected chi connectivity index (χ0v) is 18.2. The molecule has 0 saturated carbocycles. The maximum atomic E-state index is 12.6. The number of piperazine rings is 1. The molecule has 0 unspecified atom stereocenters. The van der Waals surface area contributed by atoms with Gasteiger partial charge in [-0.1, -0.05) is 11.8 Å². The van der Waals surface area contributed by atoms with Gasteiger partial charge in [0.05, 0.1) is 12.6 Å². The number of anilines is 1. The van der Waals surface area contributed by atoms with Crippen molar-refractivity contribution in [1.29, 1.82) is 0 Å². The first-order valence-electron chi connectivity index (χ1n) is 10.5. The average Bonchev–Trinajstić information content (AvgIpc) is 2.75. The second-order valence-electron chi connectivity index (χ2n) is 7.82. The molecule has 2 heterocycles. The van der Waals surface area contributed by atoms with E-state index in [0.29, 0.717) is 28.9 Å². The summed E-state index contributed by atoms with van der Waals surface area (Å²) in [6.07, 6.45) is 3.40. The van der Waals surface area contributed by atoms with Crippen LogP contribution in [-0.2, 0) is 9.59 Å². The van der Waals surface area contributed by atoms with Crippen molar-refractivity contribution in [2.45, 2.75) is 42.9 Å². The summed E-state index contributed by atoms with van der Waals surface area (Å²) in [5.41, 5.74) is 0.594. The molecule has 3 rings (SSSR count). The minimum atomic E-state index is -2.46. The monoisotopic (exact) mass is 440 g/mol. The minimum absolute atomic E-state index is 0.123. The van der Waals surface area contributed by atoms with Crippen LogP contribution in [0.1, 0.15) is 26.2 Å². The van der Waals surface area contributed by atoms with Gasteiger partial charge in [-0.25, -0.2) is 0 Å². The van der Waals surface area contributed by atoms with Crippen molar-refractivity contribution in [3.63, 3.8) is 0 Å². The van der Waals surface area contributed by atoms with E-state index in [0.717, 1.165) is 52.1 Å². The lowest BCUT2D eigenvalue weighted by atomic mass is 10.1. The number of thioether (sulfide) groups is 1. The number of halogens is 2. The van der Waals surface area contributed by atoms with Crippen molar-refractivity contribution in [1.82, 2.24) is 14.7 Å². The largest absolute Gasteiger partial charge is 0.342 e. The summed E-state index contributed by atoms with van der Waals surface area (Å²) in [6.45, 7) is 7.04. The number of piperidine rings is 1. The zero-order chi connectivity index (χ0) is 21.5. The zero-order valence-electron chi connectivity index (χ0n) is 17.4. The fourth-order valence-corrected chi connectivity index (χ4v) is 4.37. The van der Waals surface area contributed by atoms with Gasteiger partial charge in [0.15, 0.2) is 0 Å². The van der Waals surface area contributed by atoms with Gasteiger partial charge < -0.3 is 10.2 Å². The van der Waals surface area contributed by atoms with Gasteiger partial charge in [0.1, 0.15) is 0 Å². The van der Waals surface area contributed by atoms with E-state index < -0.39 is 5.76 Å². The maximum absolute atomic E-state index is 12.6. The molecule has 2 amide bonds. The van der Waals surface area contributed by atoms with Crippen LogP contribution in [0.5, 0.6) is 0 Å². The molecule has 2 fully saturated rings. The molecule has 2 aliphatic heterocycles. The van der Waals surface area contributed by atoms with E-state index in [4.69, 9.17) is 0 Å². The Kier molecular flexibility index (Phi) is 8.47. The SMILES string of the molecule is C[C@H](C(=O)Nc1ccc(SC(F)F)cc1)N1CCN(CC(=O)N2CCCCC2)CC1. The van der Waals surface area contributed by atoms with E-state index in [2.05, 4.69) is 15.1 Å². The van der Waals surface area contributed by atoms with Gasteiger partial charge in [0.25, 0.3) is 5.76 Å². The van der Waals surface area contributed by atoms with Crippen molar-refractivity contribution in [2.24, 2.45) is 0 Å².